The Hall–Kier alpha value is -3.01. The molecule has 1 saturated carbocycles. The van der Waals surface area contributed by atoms with Crippen molar-refractivity contribution in [1.29, 1.82) is 0 Å². The van der Waals surface area contributed by atoms with Gasteiger partial charge in [-0.25, -0.2) is 13.6 Å². The summed E-state index contributed by atoms with van der Waals surface area (Å²) in [6.07, 6.45) is 1.36. The van der Waals surface area contributed by atoms with Crippen molar-refractivity contribution in [3.8, 4) is 11.1 Å². The van der Waals surface area contributed by atoms with Gasteiger partial charge in [0.2, 0.25) is 5.91 Å². The van der Waals surface area contributed by atoms with E-state index in [1.54, 1.807) is 11.1 Å². The minimum absolute atomic E-state index is 0.136. The number of anilines is 2. The number of carbonyl (C=O) groups excluding carboxylic acids is 2. The third-order valence-electron chi connectivity index (χ3n) is 6.36. The predicted octanol–water partition coefficient (Wildman–Crippen LogP) is 3.19. The molecular formula is C22H25F2N5O3. The fraction of sp³-hybridized carbons (Fsp3) is 0.500. The maximum absolute atomic E-state index is 13.2. The number of benzene rings is 1. The molecule has 0 bridgehead atoms. The summed E-state index contributed by atoms with van der Waals surface area (Å²) in [5.41, 5.74) is 2.84. The molecule has 1 N–H and O–H groups in total. The number of nitrogens with zero attached hydrogens (tertiary/aromatic N) is 4. The molecule has 1 aromatic heterocycles. The van der Waals surface area contributed by atoms with Crippen LogP contribution in [-0.2, 0) is 9.53 Å². The molecule has 2 amide bonds. The number of amides is 2. The molecule has 2 aliphatic heterocycles. The van der Waals surface area contributed by atoms with E-state index >= 15 is 0 Å². The highest BCUT2D eigenvalue weighted by atomic mass is 19.3. The number of alkyl halides is 2. The van der Waals surface area contributed by atoms with E-state index in [9.17, 15) is 18.4 Å². The summed E-state index contributed by atoms with van der Waals surface area (Å²) in [6, 6.07) is 5.57. The molecule has 170 valence electrons. The van der Waals surface area contributed by atoms with Gasteiger partial charge >= 0.3 is 6.09 Å². The van der Waals surface area contributed by atoms with Gasteiger partial charge < -0.3 is 15.0 Å². The highest BCUT2D eigenvalue weighted by Crippen LogP contribution is 2.42. The van der Waals surface area contributed by atoms with Crippen LogP contribution in [0.2, 0.25) is 0 Å². The number of nitrogens with one attached hydrogen (secondary N) is 1. The first-order valence-electron chi connectivity index (χ1n) is 10.8. The number of aromatic nitrogens is 2. The maximum atomic E-state index is 13.2. The second-order valence-electron chi connectivity index (χ2n) is 8.84. The molecule has 1 aliphatic carbocycles. The molecule has 0 radical (unpaired) electrons. The van der Waals surface area contributed by atoms with Gasteiger partial charge in [-0.15, -0.1) is 0 Å². The molecule has 2 fully saturated rings. The second-order valence-corrected chi connectivity index (χ2v) is 8.84. The average Bonchev–Trinajstić information content (AvgIpc) is 3.13. The molecule has 3 heterocycles. The molecule has 8 nitrogen and oxygen atoms in total. The van der Waals surface area contributed by atoms with E-state index in [2.05, 4.69) is 10.4 Å². The van der Waals surface area contributed by atoms with Crippen LogP contribution in [0.25, 0.3) is 11.1 Å². The number of hydrogen-bond donors (Lipinski definition) is 1. The fourth-order valence-electron chi connectivity index (χ4n) is 4.50. The van der Waals surface area contributed by atoms with E-state index in [-0.39, 0.29) is 18.5 Å². The molecule has 1 unspecified atom stereocenters. The van der Waals surface area contributed by atoms with Crippen LogP contribution in [-0.4, -0.2) is 59.5 Å². The Morgan fingerprint density at radius 3 is 2.56 bits per heavy atom. The van der Waals surface area contributed by atoms with Crippen molar-refractivity contribution >= 4 is 23.4 Å². The minimum atomic E-state index is -2.77. The monoisotopic (exact) mass is 445 g/mol. The van der Waals surface area contributed by atoms with Crippen LogP contribution in [0.1, 0.15) is 32.7 Å². The summed E-state index contributed by atoms with van der Waals surface area (Å²) in [5, 5.41) is 7.66. The van der Waals surface area contributed by atoms with E-state index in [1.165, 1.54) is 11.8 Å². The first-order chi connectivity index (χ1) is 15.2. The van der Waals surface area contributed by atoms with E-state index in [0.29, 0.717) is 17.4 Å². The molecule has 10 heteroatoms. The van der Waals surface area contributed by atoms with Crippen LogP contribution in [0.3, 0.4) is 0 Å². The SMILES string of the molecule is CC(=O)N1c2ccc(-c3cnn(C4CNC4)c3)cc2N(C(=O)OC2CC(F)(F)C2)CC1C. The Morgan fingerprint density at radius 1 is 1.19 bits per heavy atom. The summed E-state index contributed by atoms with van der Waals surface area (Å²) < 4.78 is 33.6. The van der Waals surface area contributed by atoms with Crippen molar-refractivity contribution in [2.24, 2.45) is 0 Å². The van der Waals surface area contributed by atoms with Gasteiger partial charge in [0.1, 0.15) is 6.10 Å². The largest absolute Gasteiger partial charge is 0.445 e. The Labute approximate surface area is 184 Å². The van der Waals surface area contributed by atoms with Gasteiger partial charge in [0.25, 0.3) is 5.92 Å². The van der Waals surface area contributed by atoms with Gasteiger partial charge in [0.15, 0.2) is 0 Å². The molecule has 1 atom stereocenters. The zero-order valence-electron chi connectivity index (χ0n) is 17.9. The lowest BCUT2D eigenvalue weighted by Crippen LogP contribution is -2.53. The Balaban J connectivity index is 1.46. The van der Waals surface area contributed by atoms with E-state index in [1.807, 2.05) is 36.0 Å². The highest BCUT2D eigenvalue weighted by molar-refractivity contribution is 6.03. The van der Waals surface area contributed by atoms with E-state index in [4.69, 9.17) is 4.74 Å². The third kappa shape index (κ3) is 3.62. The molecular weight excluding hydrogens is 420 g/mol. The van der Waals surface area contributed by atoms with Gasteiger partial charge in [-0.3, -0.25) is 14.4 Å². The number of halogens is 2. The van der Waals surface area contributed by atoms with Crippen LogP contribution >= 0.6 is 0 Å². The second kappa shape index (κ2) is 7.54. The third-order valence-corrected chi connectivity index (χ3v) is 6.36. The van der Waals surface area contributed by atoms with Crippen LogP contribution in [0.4, 0.5) is 25.0 Å². The van der Waals surface area contributed by atoms with Gasteiger partial charge in [-0.1, -0.05) is 6.07 Å². The topological polar surface area (TPSA) is 79.7 Å². The van der Waals surface area contributed by atoms with E-state index < -0.39 is 31.0 Å². The maximum Gasteiger partial charge on any atom is 0.414 e. The number of carbonyl (C=O) groups is 2. The lowest BCUT2D eigenvalue weighted by atomic mass is 9.91. The predicted molar refractivity (Wildman–Crippen MR) is 114 cm³/mol. The van der Waals surface area contributed by atoms with Crippen molar-refractivity contribution in [3.05, 3.63) is 30.6 Å². The fourth-order valence-corrected chi connectivity index (χ4v) is 4.50. The first-order valence-corrected chi connectivity index (χ1v) is 10.8. The van der Waals surface area contributed by atoms with Crippen molar-refractivity contribution in [3.63, 3.8) is 0 Å². The summed E-state index contributed by atoms with van der Waals surface area (Å²) in [7, 11) is 0. The molecule has 5 rings (SSSR count). The van der Waals surface area contributed by atoms with Crippen molar-refractivity contribution < 1.29 is 23.1 Å². The standard InChI is InChI=1S/C22H25F2N5O3/c1-13-11-27(21(31)32-18-6-22(23,24)7-18)20-5-15(3-4-19(20)29(13)14(2)30)16-8-26-28(12-16)17-9-25-10-17/h3-5,8,12-13,17-18,25H,6-7,9-11H2,1-2H3. The molecule has 2 aromatic rings. The van der Waals surface area contributed by atoms with E-state index in [0.717, 1.165) is 24.2 Å². The minimum Gasteiger partial charge on any atom is -0.445 e. The van der Waals surface area contributed by atoms with Gasteiger partial charge in [0.05, 0.1) is 29.7 Å². The molecule has 1 aromatic carbocycles. The van der Waals surface area contributed by atoms with Gasteiger partial charge in [0, 0.05) is 51.2 Å². The Bertz CT molecular complexity index is 1060. The van der Waals surface area contributed by atoms with Crippen LogP contribution in [0.5, 0.6) is 0 Å². The zero-order chi connectivity index (χ0) is 22.6. The lowest BCUT2D eigenvalue weighted by Gasteiger charge is -2.42. The normalized spacial score (nSPS) is 22.7. The smallest absolute Gasteiger partial charge is 0.414 e. The van der Waals surface area contributed by atoms with Crippen molar-refractivity contribution in [2.45, 2.75) is 50.8 Å². The summed E-state index contributed by atoms with van der Waals surface area (Å²) >= 11 is 0. The van der Waals surface area contributed by atoms with Gasteiger partial charge in [-0.05, 0) is 24.6 Å². The van der Waals surface area contributed by atoms with Crippen molar-refractivity contribution in [1.82, 2.24) is 15.1 Å². The number of rotatable bonds is 3. The Morgan fingerprint density at radius 2 is 1.94 bits per heavy atom. The number of hydrogen-bond acceptors (Lipinski definition) is 5. The zero-order valence-corrected chi connectivity index (χ0v) is 17.9. The lowest BCUT2D eigenvalue weighted by molar-refractivity contribution is -0.143. The van der Waals surface area contributed by atoms with Crippen LogP contribution in [0, 0.1) is 0 Å². The van der Waals surface area contributed by atoms with Crippen LogP contribution < -0.4 is 15.1 Å². The highest BCUT2D eigenvalue weighted by Gasteiger charge is 2.48. The molecule has 32 heavy (non-hydrogen) atoms. The molecule has 0 spiro atoms. The summed E-state index contributed by atoms with van der Waals surface area (Å²) in [6.45, 7) is 5.28. The first kappa shape index (κ1) is 20.9. The quantitative estimate of drug-likeness (QED) is 0.785. The molecule has 1 saturated heterocycles. The number of fused-ring (bicyclic) bond motifs is 1. The van der Waals surface area contributed by atoms with Crippen LogP contribution in [0.15, 0.2) is 30.6 Å². The number of ether oxygens (including phenoxy) is 1. The summed E-state index contributed by atoms with van der Waals surface area (Å²) in [4.78, 5) is 28.3. The van der Waals surface area contributed by atoms with Gasteiger partial charge in [-0.2, -0.15) is 5.10 Å². The summed E-state index contributed by atoms with van der Waals surface area (Å²) in [5.74, 6) is -2.91. The Kier molecular flexibility index (Phi) is 4.92. The average molecular weight is 445 g/mol. The van der Waals surface area contributed by atoms with Crippen molar-refractivity contribution in [2.75, 3.05) is 29.4 Å². The molecule has 3 aliphatic rings.